The van der Waals surface area contributed by atoms with Crippen molar-refractivity contribution >= 4 is 21.8 Å². The summed E-state index contributed by atoms with van der Waals surface area (Å²) in [5.41, 5.74) is 0.266. The molecule has 2 atom stereocenters. The van der Waals surface area contributed by atoms with Crippen LogP contribution in [0.3, 0.4) is 0 Å². The van der Waals surface area contributed by atoms with Gasteiger partial charge in [0.25, 0.3) is 5.91 Å². The number of nitrogens with zero attached hydrogens (tertiary/aromatic N) is 1. The second-order valence-corrected chi connectivity index (χ2v) is 6.00. The van der Waals surface area contributed by atoms with E-state index in [1.165, 1.54) is 25.0 Å². The molecule has 1 amide bonds. The fourth-order valence-corrected chi connectivity index (χ4v) is 3.10. The number of hydrogen-bond acceptors (Lipinski definition) is 2. The highest BCUT2D eigenvalue weighted by atomic mass is 79.9. The zero-order chi connectivity index (χ0) is 13.0. The number of carbonyl (C=O) groups is 1. The van der Waals surface area contributed by atoms with Crippen LogP contribution in [0.15, 0.2) is 18.3 Å². The van der Waals surface area contributed by atoms with Crippen LogP contribution in [-0.4, -0.2) is 22.3 Å². The average molecular weight is 315 g/mol. The van der Waals surface area contributed by atoms with E-state index >= 15 is 0 Å². The standard InChI is InChI=1S/C13H16BrFN2O/c14-10-3-1-2-9(6-10)7-17-13(18)12-5-4-11(15)8-16-12/h4-5,8-10H,1-3,6-7H2,(H,17,18). The van der Waals surface area contributed by atoms with Gasteiger partial charge in [-0.05, 0) is 37.3 Å². The van der Waals surface area contributed by atoms with Crippen molar-refractivity contribution in [2.75, 3.05) is 6.54 Å². The Labute approximate surface area is 114 Å². The van der Waals surface area contributed by atoms with Crippen LogP contribution in [-0.2, 0) is 0 Å². The number of amides is 1. The van der Waals surface area contributed by atoms with Crippen molar-refractivity contribution in [3.8, 4) is 0 Å². The van der Waals surface area contributed by atoms with Crippen molar-refractivity contribution in [3.05, 3.63) is 29.8 Å². The van der Waals surface area contributed by atoms with Gasteiger partial charge in [-0.1, -0.05) is 22.4 Å². The maximum atomic E-state index is 12.7. The van der Waals surface area contributed by atoms with Crippen LogP contribution in [0.4, 0.5) is 4.39 Å². The highest BCUT2D eigenvalue weighted by molar-refractivity contribution is 9.09. The number of pyridine rings is 1. The average Bonchev–Trinajstić information content (AvgIpc) is 2.37. The first kappa shape index (κ1) is 13.5. The van der Waals surface area contributed by atoms with Crippen molar-refractivity contribution in [3.63, 3.8) is 0 Å². The van der Waals surface area contributed by atoms with E-state index in [1.54, 1.807) is 0 Å². The minimum Gasteiger partial charge on any atom is -0.350 e. The minimum absolute atomic E-state index is 0.230. The molecule has 1 fully saturated rings. The van der Waals surface area contributed by atoms with Gasteiger partial charge in [-0.3, -0.25) is 4.79 Å². The number of halogens is 2. The first-order chi connectivity index (χ1) is 8.65. The summed E-state index contributed by atoms with van der Waals surface area (Å²) in [6.45, 7) is 0.667. The van der Waals surface area contributed by atoms with Gasteiger partial charge in [0.05, 0.1) is 6.20 Å². The third kappa shape index (κ3) is 3.77. The largest absolute Gasteiger partial charge is 0.350 e. The van der Waals surface area contributed by atoms with Gasteiger partial charge in [0.2, 0.25) is 0 Å². The lowest BCUT2D eigenvalue weighted by atomic mass is 9.89. The van der Waals surface area contributed by atoms with E-state index in [2.05, 4.69) is 26.2 Å². The summed E-state index contributed by atoms with van der Waals surface area (Å²) in [6, 6.07) is 2.65. The first-order valence-electron chi connectivity index (χ1n) is 6.19. The van der Waals surface area contributed by atoms with E-state index in [9.17, 15) is 9.18 Å². The van der Waals surface area contributed by atoms with Gasteiger partial charge in [0, 0.05) is 11.4 Å². The lowest BCUT2D eigenvalue weighted by molar-refractivity contribution is 0.0939. The van der Waals surface area contributed by atoms with E-state index in [0.717, 1.165) is 19.0 Å². The van der Waals surface area contributed by atoms with Gasteiger partial charge in [0.1, 0.15) is 11.5 Å². The molecule has 2 rings (SSSR count). The van der Waals surface area contributed by atoms with E-state index in [1.807, 2.05) is 0 Å². The molecule has 0 aliphatic heterocycles. The predicted molar refractivity (Wildman–Crippen MR) is 71.2 cm³/mol. The molecule has 1 aromatic heterocycles. The number of carbonyl (C=O) groups excluding carboxylic acids is 1. The molecule has 5 heteroatoms. The predicted octanol–water partition coefficient (Wildman–Crippen LogP) is 2.90. The summed E-state index contributed by atoms with van der Waals surface area (Å²) in [6.07, 6.45) is 5.72. The number of alkyl halides is 1. The van der Waals surface area contributed by atoms with Crippen LogP contribution in [0, 0.1) is 11.7 Å². The smallest absolute Gasteiger partial charge is 0.269 e. The molecule has 0 radical (unpaired) electrons. The van der Waals surface area contributed by atoms with E-state index in [0.29, 0.717) is 17.3 Å². The number of rotatable bonds is 3. The number of aromatic nitrogens is 1. The molecule has 2 unspecified atom stereocenters. The molecule has 1 aliphatic carbocycles. The maximum Gasteiger partial charge on any atom is 0.269 e. The van der Waals surface area contributed by atoms with Crippen LogP contribution in [0.5, 0.6) is 0 Å². The Morgan fingerprint density at radius 1 is 1.50 bits per heavy atom. The SMILES string of the molecule is O=C(NCC1CCCC(Br)C1)c1ccc(F)cn1. The lowest BCUT2D eigenvalue weighted by Crippen LogP contribution is -2.32. The Kier molecular flexibility index (Phi) is 4.69. The van der Waals surface area contributed by atoms with Crippen LogP contribution in [0.25, 0.3) is 0 Å². The Hall–Kier alpha value is -0.970. The van der Waals surface area contributed by atoms with E-state index in [-0.39, 0.29) is 11.6 Å². The van der Waals surface area contributed by atoms with Crippen molar-refractivity contribution in [1.29, 1.82) is 0 Å². The summed E-state index contributed by atoms with van der Waals surface area (Å²) >= 11 is 3.62. The molecule has 0 aromatic carbocycles. The van der Waals surface area contributed by atoms with Gasteiger partial charge in [-0.25, -0.2) is 9.37 Å². The first-order valence-corrected chi connectivity index (χ1v) is 7.10. The van der Waals surface area contributed by atoms with Gasteiger partial charge in [-0.2, -0.15) is 0 Å². The molecule has 98 valence electrons. The van der Waals surface area contributed by atoms with E-state index < -0.39 is 5.82 Å². The molecule has 0 saturated heterocycles. The quantitative estimate of drug-likeness (QED) is 0.872. The molecular weight excluding hydrogens is 299 g/mol. The second-order valence-electron chi connectivity index (χ2n) is 4.70. The molecule has 1 heterocycles. The maximum absolute atomic E-state index is 12.7. The van der Waals surface area contributed by atoms with Gasteiger partial charge < -0.3 is 5.32 Å². The summed E-state index contributed by atoms with van der Waals surface area (Å²) in [4.78, 5) is 16.1. The van der Waals surface area contributed by atoms with Gasteiger partial charge in [0.15, 0.2) is 0 Å². The summed E-state index contributed by atoms with van der Waals surface area (Å²) in [5.74, 6) is -0.139. The summed E-state index contributed by atoms with van der Waals surface area (Å²) in [5, 5.41) is 2.86. The van der Waals surface area contributed by atoms with Gasteiger partial charge >= 0.3 is 0 Å². The Bertz CT molecular complexity index is 410. The number of hydrogen-bond donors (Lipinski definition) is 1. The van der Waals surface area contributed by atoms with Crippen LogP contribution in [0.1, 0.15) is 36.2 Å². The second kappa shape index (κ2) is 6.27. The fourth-order valence-electron chi connectivity index (χ4n) is 2.25. The molecular formula is C13H16BrFN2O. The highest BCUT2D eigenvalue weighted by Gasteiger charge is 2.20. The third-order valence-corrected chi connectivity index (χ3v) is 4.06. The fraction of sp³-hybridized carbons (Fsp3) is 0.538. The zero-order valence-corrected chi connectivity index (χ0v) is 11.6. The normalized spacial score (nSPS) is 23.7. The Balaban J connectivity index is 1.82. The van der Waals surface area contributed by atoms with Crippen molar-refractivity contribution < 1.29 is 9.18 Å². The number of nitrogens with one attached hydrogen (secondary N) is 1. The van der Waals surface area contributed by atoms with Crippen molar-refractivity contribution in [2.24, 2.45) is 5.92 Å². The summed E-state index contributed by atoms with van der Waals surface area (Å²) in [7, 11) is 0. The monoisotopic (exact) mass is 314 g/mol. The topological polar surface area (TPSA) is 42.0 Å². The summed E-state index contributed by atoms with van der Waals surface area (Å²) < 4.78 is 12.7. The molecule has 1 saturated carbocycles. The minimum atomic E-state index is -0.430. The molecule has 1 aromatic rings. The molecule has 3 nitrogen and oxygen atoms in total. The zero-order valence-electron chi connectivity index (χ0n) is 10.0. The van der Waals surface area contributed by atoms with Gasteiger partial charge in [-0.15, -0.1) is 0 Å². The van der Waals surface area contributed by atoms with Crippen LogP contribution in [0.2, 0.25) is 0 Å². The van der Waals surface area contributed by atoms with Crippen LogP contribution >= 0.6 is 15.9 Å². The Morgan fingerprint density at radius 3 is 3.00 bits per heavy atom. The van der Waals surface area contributed by atoms with Crippen molar-refractivity contribution in [2.45, 2.75) is 30.5 Å². The molecule has 0 spiro atoms. The molecule has 1 N–H and O–H groups in total. The van der Waals surface area contributed by atoms with E-state index in [4.69, 9.17) is 0 Å². The highest BCUT2D eigenvalue weighted by Crippen LogP contribution is 2.28. The lowest BCUT2D eigenvalue weighted by Gasteiger charge is -2.25. The van der Waals surface area contributed by atoms with Crippen LogP contribution < -0.4 is 5.32 Å². The molecule has 1 aliphatic rings. The molecule has 0 bridgehead atoms. The third-order valence-electron chi connectivity index (χ3n) is 3.23. The Morgan fingerprint density at radius 2 is 2.33 bits per heavy atom. The van der Waals surface area contributed by atoms with Crippen molar-refractivity contribution in [1.82, 2.24) is 10.3 Å². The molecule has 18 heavy (non-hydrogen) atoms.